The van der Waals surface area contributed by atoms with E-state index in [0.29, 0.717) is 24.6 Å². The van der Waals surface area contributed by atoms with E-state index in [-0.39, 0.29) is 5.82 Å². The Kier molecular flexibility index (Phi) is 6.30. The number of benzene rings is 1. The van der Waals surface area contributed by atoms with Crippen LogP contribution in [0.1, 0.15) is 26.3 Å². The van der Waals surface area contributed by atoms with E-state index in [1.807, 2.05) is 6.07 Å². The highest BCUT2D eigenvalue weighted by Gasteiger charge is 2.15. The van der Waals surface area contributed by atoms with Gasteiger partial charge in [0.25, 0.3) is 0 Å². The Morgan fingerprint density at radius 2 is 2.00 bits per heavy atom. The first-order valence-electron chi connectivity index (χ1n) is 6.52. The fraction of sp³-hybridized carbons (Fsp3) is 0.600. The summed E-state index contributed by atoms with van der Waals surface area (Å²) in [5.74, 6) is 0.344. The highest BCUT2D eigenvalue weighted by atomic mass is 19.1. The van der Waals surface area contributed by atoms with Crippen molar-refractivity contribution in [1.29, 1.82) is 0 Å². The molecule has 0 amide bonds. The van der Waals surface area contributed by atoms with Crippen molar-refractivity contribution in [3.63, 3.8) is 0 Å². The van der Waals surface area contributed by atoms with Crippen LogP contribution in [-0.2, 0) is 11.2 Å². The molecular formula is C15H24FNO. The quantitative estimate of drug-likeness (QED) is 0.806. The molecule has 1 rings (SSSR count). The number of hydrogen-bond acceptors (Lipinski definition) is 2. The lowest BCUT2D eigenvalue weighted by atomic mass is 10.0. The normalized spacial score (nSPS) is 14.8. The molecule has 1 aromatic rings. The molecule has 0 aromatic heterocycles. The van der Waals surface area contributed by atoms with Gasteiger partial charge in [0, 0.05) is 19.2 Å². The fourth-order valence-electron chi connectivity index (χ4n) is 2.05. The molecule has 1 aromatic carbocycles. The van der Waals surface area contributed by atoms with E-state index in [0.717, 1.165) is 12.0 Å². The lowest BCUT2D eigenvalue weighted by Gasteiger charge is -2.26. The van der Waals surface area contributed by atoms with Crippen LogP contribution in [0, 0.1) is 11.7 Å². The molecule has 2 atom stereocenters. The Bertz CT molecular complexity index is 354. The lowest BCUT2D eigenvalue weighted by molar-refractivity contribution is 0.141. The number of hydrogen-bond donors (Lipinski definition) is 1. The summed E-state index contributed by atoms with van der Waals surface area (Å²) in [5.41, 5.74) is 1.02. The van der Waals surface area contributed by atoms with Crippen LogP contribution in [0.3, 0.4) is 0 Å². The molecule has 1 N–H and O–H groups in total. The van der Waals surface area contributed by atoms with E-state index in [1.165, 1.54) is 6.07 Å². The van der Waals surface area contributed by atoms with Gasteiger partial charge >= 0.3 is 0 Å². The molecule has 0 heterocycles. The van der Waals surface area contributed by atoms with Crippen molar-refractivity contribution < 1.29 is 9.13 Å². The summed E-state index contributed by atoms with van der Waals surface area (Å²) < 4.78 is 18.3. The zero-order chi connectivity index (χ0) is 13.5. The van der Waals surface area contributed by atoms with Crippen molar-refractivity contribution in [1.82, 2.24) is 5.32 Å². The Morgan fingerprint density at radius 1 is 1.28 bits per heavy atom. The van der Waals surface area contributed by atoms with Gasteiger partial charge in [-0.2, -0.15) is 0 Å². The summed E-state index contributed by atoms with van der Waals surface area (Å²) in [5, 5.41) is 3.54. The first kappa shape index (κ1) is 15.1. The molecule has 0 aliphatic carbocycles. The van der Waals surface area contributed by atoms with E-state index in [2.05, 4.69) is 26.1 Å². The molecule has 0 aliphatic rings. The van der Waals surface area contributed by atoms with Crippen molar-refractivity contribution in [2.45, 2.75) is 39.3 Å². The van der Waals surface area contributed by atoms with Crippen LogP contribution < -0.4 is 5.32 Å². The van der Waals surface area contributed by atoms with Crippen molar-refractivity contribution in [3.8, 4) is 0 Å². The molecule has 0 saturated heterocycles. The van der Waals surface area contributed by atoms with Gasteiger partial charge in [-0.05, 0) is 37.0 Å². The molecule has 0 spiro atoms. The molecular weight excluding hydrogens is 229 g/mol. The minimum absolute atomic E-state index is 0.169. The molecule has 0 fully saturated rings. The summed E-state index contributed by atoms with van der Waals surface area (Å²) in [6.45, 7) is 7.16. The monoisotopic (exact) mass is 253 g/mol. The number of rotatable bonds is 7. The second-order valence-corrected chi connectivity index (χ2v) is 5.21. The average molecular weight is 253 g/mol. The average Bonchev–Trinajstić information content (AvgIpc) is 2.28. The third-order valence-electron chi connectivity index (χ3n) is 3.08. The molecule has 0 saturated carbocycles. The van der Waals surface area contributed by atoms with Crippen molar-refractivity contribution in [3.05, 3.63) is 35.6 Å². The van der Waals surface area contributed by atoms with Gasteiger partial charge in [-0.3, -0.25) is 0 Å². The fourth-order valence-corrected chi connectivity index (χ4v) is 2.05. The Hall–Kier alpha value is -0.930. The van der Waals surface area contributed by atoms with Crippen LogP contribution in [0.5, 0.6) is 0 Å². The minimum Gasteiger partial charge on any atom is -0.383 e. The summed E-state index contributed by atoms with van der Waals surface area (Å²) in [7, 11) is 1.72. The van der Waals surface area contributed by atoms with Crippen LogP contribution in [-0.4, -0.2) is 25.8 Å². The second-order valence-electron chi connectivity index (χ2n) is 5.21. The Labute approximate surface area is 110 Å². The molecule has 0 bridgehead atoms. The summed E-state index contributed by atoms with van der Waals surface area (Å²) in [6.07, 6.45) is 0.824. The molecule has 0 aliphatic heterocycles. The predicted molar refractivity (Wildman–Crippen MR) is 73.2 cm³/mol. The molecule has 102 valence electrons. The zero-order valence-corrected chi connectivity index (χ0v) is 11.7. The number of methoxy groups -OCH3 is 1. The van der Waals surface area contributed by atoms with Crippen LogP contribution in [0.4, 0.5) is 4.39 Å². The summed E-state index contributed by atoms with van der Waals surface area (Å²) >= 11 is 0. The first-order chi connectivity index (χ1) is 8.52. The molecule has 2 nitrogen and oxygen atoms in total. The Balaban J connectivity index is 2.51. The smallest absolute Gasteiger partial charge is 0.123 e. The van der Waals surface area contributed by atoms with Crippen molar-refractivity contribution in [2.24, 2.45) is 5.92 Å². The maximum absolute atomic E-state index is 13.1. The third-order valence-corrected chi connectivity index (χ3v) is 3.08. The van der Waals surface area contributed by atoms with E-state index in [4.69, 9.17) is 4.74 Å². The standard InChI is InChI=1S/C15H24FNO/c1-11(2)15(10-18-4)17-12(3)8-13-6-5-7-14(16)9-13/h5-7,9,11-12,15,17H,8,10H2,1-4H3. The van der Waals surface area contributed by atoms with Gasteiger partial charge in [-0.25, -0.2) is 4.39 Å². The lowest BCUT2D eigenvalue weighted by Crippen LogP contribution is -2.43. The maximum atomic E-state index is 13.1. The van der Waals surface area contributed by atoms with Crippen molar-refractivity contribution in [2.75, 3.05) is 13.7 Å². The highest BCUT2D eigenvalue weighted by molar-refractivity contribution is 5.17. The van der Waals surface area contributed by atoms with E-state index >= 15 is 0 Å². The van der Waals surface area contributed by atoms with E-state index in [1.54, 1.807) is 19.2 Å². The molecule has 2 unspecified atom stereocenters. The minimum atomic E-state index is -0.169. The zero-order valence-electron chi connectivity index (χ0n) is 11.7. The second kappa shape index (κ2) is 7.49. The van der Waals surface area contributed by atoms with Gasteiger partial charge in [-0.1, -0.05) is 26.0 Å². The van der Waals surface area contributed by atoms with Crippen molar-refractivity contribution >= 4 is 0 Å². The first-order valence-corrected chi connectivity index (χ1v) is 6.52. The van der Waals surface area contributed by atoms with Gasteiger partial charge in [0.15, 0.2) is 0 Å². The SMILES string of the molecule is COCC(NC(C)Cc1cccc(F)c1)C(C)C. The largest absolute Gasteiger partial charge is 0.383 e. The number of ether oxygens (including phenoxy) is 1. The van der Waals surface area contributed by atoms with Crippen LogP contribution >= 0.6 is 0 Å². The number of nitrogens with one attached hydrogen (secondary N) is 1. The molecule has 0 radical (unpaired) electrons. The van der Waals surface area contributed by atoms with Gasteiger partial charge in [0.05, 0.1) is 6.61 Å². The highest BCUT2D eigenvalue weighted by Crippen LogP contribution is 2.09. The van der Waals surface area contributed by atoms with Gasteiger partial charge in [0.2, 0.25) is 0 Å². The van der Waals surface area contributed by atoms with E-state index < -0.39 is 0 Å². The third kappa shape index (κ3) is 5.15. The van der Waals surface area contributed by atoms with Gasteiger partial charge in [0.1, 0.15) is 5.82 Å². The predicted octanol–water partition coefficient (Wildman–Crippen LogP) is 3.02. The van der Waals surface area contributed by atoms with Gasteiger partial charge in [-0.15, -0.1) is 0 Å². The molecule has 18 heavy (non-hydrogen) atoms. The van der Waals surface area contributed by atoms with Crippen LogP contribution in [0.25, 0.3) is 0 Å². The van der Waals surface area contributed by atoms with Gasteiger partial charge < -0.3 is 10.1 Å². The Morgan fingerprint density at radius 3 is 2.56 bits per heavy atom. The van der Waals surface area contributed by atoms with E-state index in [9.17, 15) is 4.39 Å². The topological polar surface area (TPSA) is 21.3 Å². The van der Waals surface area contributed by atoms with Crippen LogP contribution in [0.2, 0.25) is 0 Å². The number of halogens is 1. The summed E-state index contributed by atoms with van der Waals surface area (Å²) in [4.78, 5) is 0. The molecule has 3 heteroatoms. The summed E-state index contributed by atoms with van der Waals surface area (Å²) in [6, 6.07) is 7.42. The van der Waals surface area contributed by atoms with Crippen LogP contribution in [0.15, 0.2) is 24.3 Å². The maximum Gasteiger partial charge on any atom is 0.123 e.